The van der Waals surface area contributed by atoms with E-state index in [-0.39, 0.29) is 24.4 Å². The van der Waals surface area contributed by atoms with Gasteiger partial charge in [0.05, 0.1) is 6.04 Å². The second-order valence-corrected chi connectivity index (χ2v) is 3.63. The van der Waals surface area contributed by atoms with Crippen molar-refractivity contribution < 1.29 is 4.52 Å². The van der Waals surface area contributed by atoms with Gasteiger partial charge >= 0.3 is 0 Å². The summed E-state index contributed by atoms with van der Waals surface area (Å²) in [6, 6.07) is 0.188. The summed E-state index contributed by atoms with van der Waals surface area (Å²) in [5.74, 6) is 1.54. The van der Waals surface area contributed by atoms with Crippen molar-refractivity contribution in [1.82, 2.24) is 15.5 Å². The predicted octanol–water partition coefficient (Wildman–Crippen LogP) is 1.13. The molecule has 1 aliphatic heterocycles. The third kappa shape index (κ3) is 2.36. The first-order chi connectivity index (χ1) is 6.25. The van der Waals surface area contributed by atoms with E-state index < -0.39 is 0 Å². The average Bonchev–Trinajstić information content (AvgIpc) is 2.52. The number of nitrogens with zero attached hydrogens (tertiary/aromatic N) is 2. The summed E-state index contributed by atoms with van der Waals surface area (Å²) in [7, 11) is 0. The number of rotatable bonds is 1. The Labute approximate surface area is 88.8 Å². The van der Waals surface area contributed by atoms with Gasteiger partial charge in [0, 0.05) is 0 Å². The molecule has 2 heterocycles. The van der Waals surface area contributed by atoms with Crippen LogP contribution in [0.25, 0.3) is 0 Å². The Hall–Kier alpha value is -0.810. The summed E-state index contributed by atoms with van der Waals surface area (Å²) in [6.45, 7) is 3.24. The maximum Gasteiger partial charge on any atom is 0.260 e. The van der Waals surface area contributed by atoms with Gasteiger partial charge < -0.3 is 15.6 Å². The second-order valence-electron chi connectivity index (χ2n) is 3.63. The van der Waals surface area contributed by atoms with E-state index in [1.807, 2.05) is 0 Å². The lowest BCUT2D eigenvalue weighted by molar-refractivity contribution is 0.260. The van der Waals surface area contributed by atoms with Crippen molar-refractivity contribution >= 4 is 18.4 Å². The monoisotopic (exact) mass is 218 g/mol. The minimum atomic E-state index is 0. The van der Waals surface area contributed by atoms with Crippen molar-refractivity contribution in [1.29, 1.82) is 0 Å². The van der Waals surface area contributed by atoms with Crippen LogP contribution in [0.2, 0.25) is 0 Å². The van der Waals surface area contributed by atoms with Crippen LogP contribution in [-0.4, -0.2) is 16.7 Å². The third-order valence-corrected chi connectivity index (χ3v) is 2.42. The number of anilines is 1. The summed E-state index contributed by atoms with van der Waals surface area (Å²) < 4.78 is 5.00. The van der Waals surface area contributed by atoms with Crippen LogP contribution in [0.1, 0.15) is 31.7 Å². The van der Waals surface area contributed by atoms with E-state index in [0.717, 1.165) is 13.0 Å². The number of hydrogen-bond acceptors (Lipinski definition) is 5. The highest BCUT2D eigenvalue weighted by Crippen LogP contribution is 2.25. The summed E-state index contributed by atoms with van der Waals surface area (Å²) in [4.78, 5) is 4.01. The molecule has 14 heavy (non-hydrogen) atoms. The lowest BCUT2D eigenvalue weighted by Gasteiger charge is -2.25. The van der Waals surface area contributed by atoms with Crippen molar-refractivity contribution in [2.45, 2.75) is 25.8 Å². The number of piperidine rings is 1. The van der Waals surface area contributed by atoms with Gasteiger partial charge in [-0.15, -0.1) is 12.4 Å². The van der Waals surface area contributed by atoms with E-state index >= 15 is 0 Å². The first kappa shape index (κ1) is 11.3. The second kappa shape index (κ2) is 4.61. The fourth-order valence-corrected chi connectivity index (χ4v) is 1.68. The van der Waals surface area contributed by atoms with Gasteiger partial charge in [0.25, 0.3) is 5.95 Å². The van der Waals surface area contributed by atoms with Crippen LogP contribution in [-0.2, 0) is 0 Å². The minimum Gasteiger partial charge on any atom is -0.365 e. The molecule has 0 amide bonds. The SMILES string of the molecule is C[C@@H]1CCN[C@@H](c2nc(N)no2)C1.Cl. The number of hydrogen-bond donors (Lipinski definition) is 2. The fraction of sp³-hybridized carbons (Fsp3) is 0.750. The first-order valence-corrected chi connectivity index (χ1v) is 4.58. The number of nitrogens with one attached hydrogen (secondary N) is 1. The van der Waals surface area contributed by atoms with Crippen LogP contribution in [0, 0.1) is 5.92 Å². The summed E-state index contributed by atoms with van der Waals surface area (Å²) >= 11 is 0. The van der Waals surface area contributed by atoms with E-state index in [4.69, 9.17) is 10.3 Å². The molecule has 0 aromatic carbocycles. The molecule has 2 rings (SSSR count). The van der Waals surface area contributed by atoms with Gasteiger partial charge in [0.2, 0.25) is 5.89 Å². The molecule has 1 aromatic heterocycles. The van der Waals surface area contributed by atoms with Crippen molar-refractivity contribution in [3.8, 4) is 0 Å². The summed E-state index contributed by atoms with van der Waals surface area (Å²) in [6.07, 6.45) is 2.25. The fourth-order valence-electron chi connectivity index (χ4n) is 1.68. The van der Waals surface area contributed by atoms with Crippen LogP contribution in [0.4, 0.5) is 5.95 Å². The van der Waals surface area contributed by atoms with Gasteiger partial charge in [-0.05, 0) is 30.5 Å². The highest BCUT2D eigenvalue weighted by molar-refractivity contribution is 5.85. The van der Waals surface area contributed by atoms with Crippen LogP contribution in [0.3, 0.4) is 0 Å². The summed E-state index contributed by atoms with van der Waals surface area (Å²) in [5, 5.41) is 6.90. The Kier molecular flexibility index (Phi) is 3.71. The molecule has 6 heteroatoms. The Balaban J connectivity index is 0.000000980. The number of nitrogen functional groups attached to an aromatic ring is 1. The molecule has 2 atom stereocenters. The Morgan fingerprint density at radius 3 is 2.93 bits per heavy atom. The molecule has 0 unspecified atom stereocenters. The zero-order chi connectivity index (χ0) is 9.26. The molecule has 1 fully saturated rings. The minimum absolute atomic E-state index is 0. The smallest absolute Gasteiger partial charge is 0.260 e. The third-order valence-electron chi connectivity index (χ3n) is 2.42. The van der Waals surface area contributed by atoms with Crippen molar-refractivity contribution in [2.24, 2.45) is 5.92 Å². The number of nitrogens with two attached hydrogens (primary N) is 1. The lowest BCUT2D eigenvalue weighted by Crippen LogP contribution is -2.30. The standard InChI is InChI=1S/C8H14N4O.ClH/c1-5-2-3-10-6(4-5)7-11-8(9)12-13-7;/h5-6,10H,2-4H2,1H3,(H2,9,12);1H/t5-,6-;/m1./s1. The van der Waals surface area contributed by atoms with Crippen LogP contribution >= 0.6 is 12.4 Å². The highest BCUT2D eigenvalue weighted by atomic mass is 35.5. The Morgan fingerprint density at radius 1 is 1.57 bits per heavy atom. The predicted molar refractivity (Wildman–Crippen MR) is 55.1 cm³/mol. The molecular formula is C8H15ClN4O. The van der Waals surface area contributed by atoms with E-state index in [1.54, 1.807) is 0 Å². The molecular weight excluding hydrogens is 204 g/mol. The van der Waals surface area contributed by atoms with Gasteiger partial charge in [-0.25, -0.2) is 0 Å². The molecule has 3 N–H and O–H groups in total. The molecule has 80 valence electrons. The van der Waals surface area contributed by atoms with Gasteiger partial charge in [-0.2, -0.15) is 4.98 Å². The maximum atomic E-state index is 5.38. The molecule has 1 aliphatic rings. The zero-order valence-corrected chi connectivity index (χ0v) is 8.88. The van der Waals surface area contributed by atoms with E-state index in [0.29, 0.717) is 11.8 Å². The normalized spacial score (nSPS) is 26.9. The van der Waals surface area contributed by atoms with Crippen LogP contribution in [0.15, 0.2) is 4.52 Å². The molecule has 0 radical (unpaired) electrons. The first-order valence-electron chi connectivity index (χ1n) is 4.58. The Morgan fingerprint density at radius 2 is 2.36 bits per heavy atom. The zero-order valence-electron chi connectivity index (χ0n) is 8.06. The number of aromatic nitrogens is 2. The van der Waals surface area contributed by atoms with Gasteiger partial charge in [0.1, 0.15) is 0 Å². The van der Waals surface area contributed by atoms with E-state index in [2.05, 4.69) is 22.4 Å². The molecule has 0 saturated carbocycles. The van der Waals surface area contributed by atoms with E-state index in [1.165, 1.54) is 6.42 Å². The van der Waals surface area contributed by atoms with Crippen molar-refractivity contribution in [3.63, 3.8) is 0 Å². The van der Waals surface area contributed by atoms with Crippen LogP contribution < -0.4 is 11.1 Å². The van der Waals surface area contributed by atoms with Crippen molar-refractivity contribution in [3.05, 3.63) is 5.89 Å². The molecule has 0 aliphatic carbocycles. The molecule has 0 bridgehead atoms. The topological polar surface area (TPSA) is 77.0 Å². The summed E-state index contributed by atoms with van der Waals surface area (Å²) in [5.41, 5.74) is 5.38. The average molecular weight is 219 g/mol. The molecule has 5 nitrogen and oxygen atoms in total. The van der Waals surface area contributed by atoms with E-state index in [9.17, 15) is 0 Å². The quantitative estimate of drug-likeness (QED) is 0.739. The molecule has 1 saturated heterocycles. The maximum absolute atomic E-state index is 5.38. The van der Waals surface area contributed by atoms with Crippen LogP contribution in [0.5, 0.6) is 0 Å². The van der Waals surface area contributed by atoms with Gasteiger partial charge in [0.15, 0.2) is 0 Å². The Bertz CT molecular complexity index is 291. The van der Waals surface area contributed by atoms with Crippen molar-refractivity contribution in [2.75, 3.05) is 12.3 Å². The van der Waals surface area contributed by atoms with Gasteiger partial charge in [-0.3, -0.25) is 0 Å². The molecule has 1 aromatic rings. The lowest BCUT2D eigenvalue weighted by atomic mass is 9.94. The molecule has 0 spiro atoms. The van der Waals surface area contributed by atoms with Gasteiger partial charge in [-0.1, -0.05) is 6.92 Å². The number of halogens is 1. The highest BCUT2D eigenvalue weighted by Gasteiger charge is 2.24. The largest absolute Gasteiger partial charge is 0.365 e.